The minimum absolute atomic E-state index is 0.0183. The Labute approximate surface area is 186 Å². The summed E-state index contributed by atoms with van der Waals surface area (Å²) in [5, 5.41) is 0. The predicted octanol–water partition coefficient (Wildman–Crippen LogP) is 4.20. The molecule has 6 nitrogen and oxygen atoms in total. The van der Waals surface area contributed by atoms with Crippen LogP contribution in [0.2, 0.25) is 0 Å². The Kier molecular flexibility index (Phi) is 4.73. The van der Waals surface area contributed by atoms with E-state index in [0.29, 0.717) is 35.4 Å². The van der Waals surface area contributed by atoms with Crippen molar-refractivity contribution in [2.45, 2.75) is 50.4 Å². The first-order valence-electron chi connectivity index (χ1n) is 10.6. The van der Waals surface area contributed by atoms with E-state index in [1.54, 1.807) is 16.7 Å². The number of amides is 2. The lowest BCUT2D eigenvalue weighted by Crippen LogP contribution is -2.32. The number of imidazole rings is 1. The molecule has 33 heavy (non-hydrogen) atoms. The van der Waals surface area contributed by atoms with Gasteiger partial charge in [0.25, 0.3) is 0 Å². The van der Waals surface area contributed by atoms with Crippen LogP contribution in [-0.4, -0.2) is 27.5 Å². The highest BCUT2D eigenvalue weighted by molar-refractivity contribution is 6.10. The number of carbonyl (C=O) groups excluding carboxylic acids is 2. The Balaban J connectivity index is 1.54. The largest absolute Gasteiger partial charge is 0.389 e. The van der Waals surface area contributed by atoms with Crippen LogP contribution in [0.5, 0.6) is 0 Å². The van der Waals surface area contributed by atoms with Crippen molar-refractivity contribution in [3.8, 4) is 0 Å². The average molecular weight is 460 g/mol. The van der Waals surface area contributed by atoms with Gasteiger partial charge < -0.3 is 15.2 Å². The number of hydrogen-bond donors (Lipinski definition) is 1. The van der Waals surface area contributed by atoms with E-state index in [-0.39, 0.29) is 31.0 Å². The monoisotopic (exact) mass is 460 g/mol. The summed E-state index contributed by atoms with van der Waals surface area (Å²) < 4.78 is 53.9. The van der Waals surface area contributed by atoms with E-state index in [0.717, 1.165) is 5.56 Å². The zero-order chi connectivity index (χ0) is 23.5. The van der Waals surface area contributed by atoms with Gasteiger partial charge in [0.1, 0.15) is 11.6 Å². The number of rotatable bonds is 6. The van der Waals surface area contributed by atoms with Crippen LogP contribution in [0.4, 0.5) is 23.2 Å². The molecule has 1 fully saturated rings. The lowest BCUT2D eigenvalue weighted by atomic mass is 9.98. The number of nitrogens with zero attached hydrogens (tertiary/aromatic N) is 3. The molecular formula is C23H20F4N4O2. The lowest BCUT2D eigenvalue weighted by molar-refractivity contribution is -0.135. The number of fused-ring (bicyclic) bond motifs is 3. The van der Waals surface area contributed by atoms with Gasteiger partial charge in [0.15, 0.2) is 0 Å². The molecule has 1 spiro atoms. The molecule has 0 unspecified atom stereocenters. The molecule has 0 radical (unpaired) electrons. The first kappa shape index (κ1) is 21.4. The summed E-state index contributed by atoms with van der Waals surface area (Å²) in [5.41, 5.74) is 7.07. The number of alkyl halides is 3. The molecule has 1 aliphatic carbocycles. The van der Waals surface area contributed by atoms with Gasteiger partial charge in [0.2, 0.25) is 11.8 Å². The summed E-state index contributed by atoms with van der Waals surface area (Å²) in [5.74, 6) is -0.932. The van der Waals surface area contributed by atoms with Crippen molar-refractivity contribution in [3.05, 3.63) is 59.2 Å². The van der Waals surface area contributed by atoms with Crippen molar-refractivity contribution >= 4 is 28.5 Å². The van der Waals surface area contributed by atoms with Crippen molar-refractivity contribution in [2.75, 3.05) is 4.90 Å². The minimum Gasteiger partial charge on any atom is -0.366 e. The van der Waals surface area contributed by atoms with E-state index in [2.05, 4.69) is 4.98 Å². The number of carbonyl (C=O) groups is 2. The molecule has 10 heteroatoms. The molecule has 2 N–H and O–H groups in total. The standard InChI is InChI=1S/C23H20F4N4O2/c24-14-3-4-15-18(11-14)31(21(33)22(15)7-8-22)12-19-29-16-10-13(20(28)32)2-5-17(16)30(19)9-1-6-23(25,26)27/h2-5,10-11H,1,6-9,12H2,(H2,28,32). The molecule has 1 aliphatic heterocycles. The van der Waals surface area contributed by atoms with Crippen molar-refractivity contribution in [1.82, 2.24) is 9.55 Å². The van der Waals surface area contributed by atoms with E-state index in [1.165, 1.54) is 29.2 Å². The smallest absolute Gasteiger partial charge is 0.366 e. The third-order valence-corrected chi connectivity index (χ3v) is 6.42. The second kappa shape index (κ2) is 7.29. The molecule has 0 saturated heterocycles. The first-order chi connectivity index (χ1) is 15.6. The number of nitrogens with two attached hydrogens (primary N) is 1. The van der Waals surface area contributed by atoms with E-state index in [1.807, 2.05) is 0 Å². The van der Waals surface area contributed by atoms with Gasteiger partial charge in [-0.2, -0.15) is 13.2 Å². The van der Waals surface area contributed by atoms with Gasteiger partial charge in [0, 0.05) is 18.5 Å². The zero-order valence-corrected chi connectivity index (χ0v) is 17.5. The quantitative estimate of drug-likeness (QED) is 0.560. The number of halogens is 4. The molecule has 2 aromatic carbocycles. The van der Waals surface area contributed by atoms with Gasteiger partial charge in [0.05, 0.1) is 28.7 Å². The number of benzene rings is 2. The van der Waals surface area contributed by atoms with Crippen LogP contribution in [0.3, 0.4) is 0 Å². The fraction of sp³-hybridized carbons (Fsp3) is 0.348. The van der Waals surface area contributed by atoms with Crippen molar-refractivity contribution in [2.24, 2.45) is 5.73 Å². The maximum Gasteiger partial charge on any atom is 0.389 e. The van der Waals surface area contributed by atoms with Gasteiger partial charge in [-0.25, -0.2) is 9.37 Å². The topological polar surface area (TPSA) is 81.2 Å². The van der Waals surface area contributed by atoms with E-state index >= 15 is 0 Å². The van der Waals surface area contributed by atoms with Crippen molar-refractivity contribution in [1.29, 1.82) is 0 Å². The highest BCUT2D eigenvalue weighted by atomic mass is 19.4. The zero-order valence-electron chi connectivity index (χ0n) is 17.5. The molecule has 1 aromatic heterocycles. The van der Waals surface area contributed by atoms with Crippen LogP contribution in [-0.2, 0) is 23.3 Å². The van der Waals surface area contributed by atoms with Crippen LogP contribution >= 0.6 is 0 Å². The van der Waals surface area contributed by atoms with Crippen molar-refractivity contribution in [3.63, 3.8) is 0 Å². The van der Waals surface area contributed by atoms with Crippen LogP contribution in [0.1, 0.15) is 47.4 Å². The molecule has 2 amide bonds. The minimum atomic E-state index is -4.30. The highest BCUT2D eigenvalue weighted by Gasteiger charge is 2.59. The maximum atomic E-state index is 14.0. The predicted molar refractivity (Wildman–Crippen MR) is 112 cm³/mol. The number of primary amides is 1. The molecule has 0 atom stereocenters. The summed E-state index contributed by atoms with van der Waals surface area (Å²) in [4.78, 5) is 30.8. The van der Waals surface area contributed by atoms with Gasteiger partial charge >= 0.3 is 6.18 Å². The molecule has 2 aliphatic rings. The Morgan fingerprint density at radius 3 is 2.58 bits per heavy atom. The molecule has 3 aromatic rings. The first-order valence-corrected chi connectivity index (χ1v) is 10.6. The number of hydrogen-bond acceptors (Lipinski definition) is 3. The van der Waals surface area contributed by atoms with Gasteiger partial charge in [-0.1, -0.05) is 6.07 Å². The Bertz CT molecular complexity index is 1290. The molecule has 2 heterocycles. The number of aromatic nitrogens is 2. The van der Waals surface area contributed by atoms with Gasteiger partial charge in [-0.15, -0.1) is 0 Å². The summed E-state index contributed by atoms with van der Waals surface area (Å²) in [6, 6.07) is 8.81. The van der Waals surface area contributed by atoms with Gasteiger partial charge in [-0.3, -0.25) is 9.59 Å². The van der Waals surface area contributed by atoms with Crippen LogP contribution in [0.15, 0.2) is 36.4 Å². The second-order valence-electron chi connectivity index (χ2n) is 8.60. The molecule has 172 valence electrons. The maximum absolute atomic E-state index is 14.0. The molecule has 0 bridgehead atoms. The third kappa shape index (κ3) is 3.63. The number of aryl methyl sites for hydroxylation is 1. The Morgan fingerprint density at radius 1 is 1.15 bits per heavy atom. The summed E-state index contributed by atoms with van der Waals surface area (Å²) in [6.45, 7) is -0.00587. The van der Waals surface area contributed by atoms with Crippen LogP contribution in [0, 0.1) is 5.82 Å². The third-order valence-electron chi connectivity index (χ3n) is 6.42. The number of anilines is 1. The normalized spacial score (nSPS) is 16.6. The second-order valence-corrected chi connectivity index (χ2v) is 8.60. The van der Waals surface area contributed by atoms with Crippen LogP contribution < -0.4 is 10.6 Å². The average Bonchev–Trinajstić information content (AvgIpc) is 3.43. The van der Waals surface area contributed by atoms with Crippen molar-refractivity contribution < 1.29 is 27.2 Å². The molecule has 1 saturated carbocycles. The summed E-state index contributed by atoms with van der Waals surface area (Å²) >= 11 is 0. The summed E-state index contributed by atoms with van der Waals surface area (Å²) in [7, 11) is 0. The SMILES string of the molecule is NC(=O)c1ccc2c(c1)nc(CN1C(=O)C3(CC3)c3ccc(F)cc31)n2CCCC(F)(F)F. The van der Waals surface area contributed by atoms with E-state index in [4.69, 9.17) is 5.73 Å². The molecule has 5 rings (SSSR count). The lowest BCUT2D eigenvalue weighted by Gasteiger charge is -2.19. The fourth-order valence-electron chi connectivity index (χ4n) is 4.66. The van der Waals surface area contributed by atoms with Crippen LogP contribution in [0.25, 0.3) is 11.0 Å². The Morgan fingerprint density at radius 2 is 1.91 bits per heavy atom. The van der Waals surface area contributed by atoms with Gasteiger partial charge in [-0.05, 0) is 55.2 Å². The van der Waals surface area contributed by atoms with E-state index in [9.17, 15) is 27.2 Å². The molecular weight excluding hydrogens is 440 g/mol. The fourth-order valence-corrected chi connectivity index (χ4v) is 4.66. The summed E-state index contributed by atoms with van der Waals surface area (Å²) in [6.07, 6.45) is -4.10. The van der Waals surface area contributed by atoms with E-state index < -0.39 is 29.7 Å². The Hall–Kier alpha value is -3.43. The highest BCUT2D eigenvalue weighted by Crippen LogP contribution is 2.57.